The zero-order chi connectivity index (χ0) is 25.0. The van der Waals surface area contributed by atoms with Crippen LogP contribution in [0.2, 0.25) is 0 Å². The summed E-state index contributed by atoms with van der Waals surface area (Å²) in [6.07, 6.45) is 2.90. The van der Waals surface area contributed by atoms with Crippen molar-refractivity contribution in [2.24, 2.45) is 5.92 Å². The van der Waals surface area contributed by atoms with Crippen molar-refractivity contribution in [3.8, 4) is 0 Å². The molecule has 0 aliphatic carbocycles. The second kappa shape index (κ2) is 10.9. The molecule has 0 bridgehead atoms. The molecule has 0 aromatic heterocycles. The summed E-state index contributed by atoms with van der Waals surface area (Å²) in [5.41, 5.74) is 4.54. The molecule has 1 heterocycles. The summed E-state index contributed by atoms with van der Waals surface area (Å²) >= 11 is 1.29. The van der Waals surface area contributed by atoms with Gasteiger partial charge in [-0.05, 0) is 92.4 Å². The van der Waals surface area contributed by atoms with Crippen molar-refractivity contribution >= 4 is 23.4 Å². The maximum Gasteiger partial charge on any atom is 0.226 e. The molecule has 1 fully saturated rings. The highest BCUT2D eigenvalue weighted by Crippen LogP contribution is 2.40. The fourth-order valence-corrected chi connectivity index (χ4v) is 5.57. The number of carbonyl (C=O) groups excluding carboxylic acids is 1. The molecule has 3 nitrogen and oxygen atoms in total. The molecular formula is C29H32F2N2OS. The van der Waals surface area contributed by atoms with Crippen molar-refractivity contribution in [2.45, 2.75) is 55.2 Å². The number of carbonyl (C=O) groups is 1. The fraction of sp³-hybridized carbons (Fsp3) is 0.345. The van der Waals surface area contributed by atoms with Gasteiger partial charge in [0.1, 0.15) is 11.6 Å². The van der Waals surface area contributed by atoms with E-state index in [-0.39, 0.29) is 17.2 Å². The number of amides is 1. The van der Waals surface area contributed by atoms with Gasteiger partial charge in [0.05, 0.1) is 0 Å². The number of anilines is 1. The van der Waals surface area contributed by atoms with Crippen LogP contribution in [-0.2, 0) is 16.6 Å². The van der Waals surface area contributed by atoms with Gasteiger partial charge in [0, 0.05) is 32.9 Å². The zero-order valence-electron chi connectivity index (χ0n) is 20.5. The first-order chi connectivity index (χ1) is 16.8. The van der Waals surface area contributed by atoms with E-state index in [4.69, 9.17) is 0 Å². The second-order valence-corrected chi connectivity index (χ2v) is 10.8. The normalized spacial score (nSPS) is 15.3. The lowest BCUT2D eigenvalue weighted by atomic mass is 9.68. The maximum atomic E-state index is 14.1. The number of halogens is 2. The van der Waals surface area contributed by atoms with E-state index in [0.717, 1.165) is 49.0 Å². The van der Waals surface area contributed by atoms with E-state index < -0.39 is 11.6 Å². The second-order valence-electron chi connectivity index (χ2n) is 9.70. The average molecular weight is 495 g/mol. The summed E-state index contributed by atoms with van der Waals surface area (Å²) in [4.78, 5) is 13.6. The zero-order valence-corrected chi connectivity index (χ0v) is 21.3. The predicted octanol–water partition coefficient (Wildman–Crippen LogP) is 6.88. The van der Waals surface area contributed by atoms with Gasteiger partial charge in [0.2, 0.25) is 5.91 Å². The van der Waals surface area contributed by atoms with E-state index in [2.05, 4.69) is 41.8 Å². The highest BCUT2D eigenvalue weighted by atomic mass is 32.2. The Kier molecular flexibility index (Phi) is 7.92. The van der Waals surface area contributed by atoms with Crippen molar-refractivity contribution in [3.05, 3.63) is 89.0 Å². The summed E-state index contributed by atoms with van der Waals surface area (Å²) in [7, 11) is 0. The van der Waals surface area contributed by atoms with Crippen LogP contribution in [0.25, 0.3) is 0 Å². The van der Waals surface area contributed by atoms with Crippen LogP contribution < -0.4 is 10.6 Å². The predicted molar refractivity (Wildman–Crippen MR) is 139 cm³/mol. The van der Waals surface area contributed by atoms with Crippen molar-refractivity contribution in [2.75, 3.05) is 18.4 Å². The van der Waals surface area contributed by atoms with Gasteiger partial charge >= 0.3 is 0 Å². The quantitative estimate of drug-likeness (QED) is 0.376. The van der Waals surface area contributed by atoms with Crippen LogP contribution in [-0.4, -0.2) is 19.0 Å². The molecule has 0 radical (unpaired) electrons. The Morgan fingerprint density at radius 2 is 1.74 bits per heavy atom. The van der Waals surface area contributed by atoms with Gasteiger partial charge in [-0.15, -0.1) is 0 Å². The molecule has 1 aliphatic rings. The maximum absolute atomic E-state index is 14.1. The summed E-state index contributed by atoms with van der Waals surface area (Å²) in [6.45, 7) is 7.82. The Balaban J connectivity index is 1.58. The number of hydrogen-bond donors (Lipinski definition) is 2. The summed E-state index contributed by atoms with van der Waals surface area (Å²) in [5.74, 6) is -1.18. The van der Waals surface area contributed by atoms with Crippen LogP contribution in [0.15, 0.2) is 70.5 Å². The lowest BCUT2D eigenvalue weighted by molar-refractivity contribution is -0.118. The first-order valence-electron chi connectivity index (χ1n) is 12.1. The van der Waals surface area contributed by atoms with Gasteiger partial charge in [-0.3, -0.25) is 4.79 Å². The topological polar surface area (TPSA) is 41.1 Å². The van der Waals surface area contributed by atoms with E-state index >= 15 is 0 Å². The highest BCUT2D eigenvalue weighted by Gasteiger charge is 2.35. The van der Waals surface area contributed by atoms with Crippen LogP contribution in [0.4, 0.5) is 14.5 Å². The molecule has 1 aliphatic heterocycles. The number of nitrogens with one attached hydrogen (secondary N) is 2. The summed E-state index contributed by atoms with van der Waals surface area (Å²) in [6, 6.07) is 18.1. The van der Waals surface area contributed by atoms with Gasteiger partial charge in [-0.1, -0.05) is 43.8 Å². The molecular weight excluding hydrogens is 462 g/mol. The minimum Gasteiger partial charge on any atom is -0.326 e. The summed E-state index contributed by atoms with van der Waals surface area (Å²) < 4.78 is 27.3. The number of rotatable bonds is 7. The third kappa shape index (κ3) is 6.11. The number of piperidine rings is 1. The largest absolute Gasteiger partial charge is 0.326 e. The molecule has 2 N–H and O–H groups in total. The molecule has 0 spiro atoms. The third-order valence-electron chi connectivity index (χ3n) is 6.75. The molecule has 0 unspecified atom stereocenters. The number of hydrogen-bond acceptors (Lipinski definition) is 3. The lowest BCUT2D eigenvalue weighted by Gasteiger charge is -2.40. The van der Waals surface area contributed by atoms with E-state index in [1.54, 1.807) is 0 Å². The van der Waals surface area contributed by atoms with Gasteiger partial charge in [-0.25, -0.2) is 8.78 Å². The van der Waals surface area contributed by atoms with Gasteiger partial charge in [-0.2, -0.15) is 0 Å². The molecule has 1 amide bonds. The van der Waals surface area contributed by atoms with Crippen LogP contribution in [0.1, 0.15) is 43.4 Å². The van der Waals surface area contributed by atoms with Crippen LogP contribution >= 0.6 is 11.8 Å². The molecule has 6 heteroatoms. The fourth-order valence-electron chi connectivity index (χ4n) is 4.76. The smallest absolute Gasteiger partial charge is 0.226 e. The Bertz CT molecular complexity index is 1190. The van der Waals surface area contributed by atoms with Crippen LogP contribution in [0.5, 0.6) is 0 Å². The average Bonchev–Trinajstić information content (AvgIpc) is 2.83. The van der Waals surface area contributed by atoms with Gasteiger partial charge < -0.3 is 10.6 Å². The molecule has 0 atom stereocenters. The Morgan fingerprint density at radius 3 is 2.40 bits per heavy atom. The molecule has 4 rings (SSSR count). The first kappa shape index (κ1) is 25.4. The van der Waals surface area contributed by atoms with Gasteiger partial charge in [0.25, 0.3) is 0 Å². The minimum atomic E-state index is -0.572. The standard InChI is InChI=1S/C29H32F2N2OS/c1-19(2)28(34)33-23-8-4-20(3)25(17-23)29(12-14-32-15-13-29)18-21-5-9-24(10-6-21)35-27-11-7-22(30)16-26(27)31/h4-11,16-17,19,32H,12-15,18H2,1-3H3,(H,33,34). The lowest BCUT2D eigenvalue weighted by Crippen LogP contribution is -2.42. The van der Waals surface area contributed by atoms with E-state index in [9.17, 15) is 13.6 Å². The molecule has 3 aromatic rings. The van der Waals surface area contributed by atoms with Crippen LogP contribution in [0.3, 0.4) is 0 Å². The monoisotopic (exact) mass is 494 g/mol. The van der Waals surface area contributed by atoms with Crippen LogP contribution in [0, 0.1) is 24.5 Å². The third-order valence-corrected chi connectivity index (χ3v) is 7.81. The molecule has 184 valence electrons. The highest BCUT2D eigenvalue weighted by molar-refractivity contribution is 7.99. The summed E-state index contributed by atoms with van der Waals surface area (Å²) in [5, 5.41) is 6.54. The minimum absolute atomic E-state index is 0.0184. The molecule has 3 aromatic carbocycles. The van der Waals surface area contributed by atoms with Crippen molar-refractivity contribution < 1.29 is 13.6 Å². The number of benzene rings is 3. The molecule has 0 saturated carbocycles. The Hall–Kier alpha value is -2.70. The van der Waals surface area contributed by atoms with E-state index in [1.165, 1.54) is 40.6 Å². The molecule has 1 saturated heterocycles. The number of aryl methyl sites for hydroxylation is 1. The van der Waals surface area contributed by atoms with Gasteiger partial charge in [0.15, 0.2) is 0 Å². The Morgan fingerprint density at radius 1 is 1.03 bits per heavy atom. The van der Waals surface area contributed by atoms with Crippen molar-refractivity contribution in [1.82, 2.24) is 5.32 Å². The van der Waals surface area contributed by atoms with E-state index in [0.29, 0.717) is 4.90 Å². The van der Waals surface area contributed by atoms with Crippen molar-refractivity contribution in [1.29, 1.82) is 0 Å². The molecule has 35 heavy (non-hydrogen) atoms. The van der Waals surface area contributed by atoms with Crippen molar-refractivity contribution in [3.63, 3.8) is 0 Å². The SMILES string of the molecule is Cc1ccc(NC(=O)C(C)C)cc1C1(Cc2ccc(Sc3ccc(F)cc3F)cc2)CCNCC1. The first-order valence-corrected chi connectivity index (χ1v) is 12.9. The Labute approximate surface area is 210 Å². The van der Waals surface area contributed by atoms with E-state index in [1.807, 2.05) is 32.0 Å².